The zero-order valence-corrected chi connectivity index (χ0v) is 19.1. The number of carbonyl (C=O) groups is 1. The zero-order valence-electron chi connectivity index (χ0n) is 19.1. The summed E-state index contributed by atoms with van der Waals surface area (Å²) in [5.74, 6) is 2.28. The van der Waals surface area contributed by atoms with E-state index in [4.69, 9.17) is 9.47 Å². The highest BCUT2D eigenvalue weighted by Crippen LogP contribution is 2.32. The van der Waals surface area contributed by atoms with Crippen LogP contribution in [-0.4, -0.2) is 66.4 Å². The molecule has 32 heavy (non-hydrogen) atoms. The fraction of sp³-hybridized carbons (Fsp3) is 0.522. The molecule has 2 aliphatic rings. The monoisotopic (exact) mass is 440 g/mol. The fourth-order valence-corrected chi connectivity index (χ4v) is 4.30. The van der Waals surface area contributed by atoms with Crippen LogP contribution in [0.2, 0.25) is 0 Å². The maximum atomic E-state index is 12.7. The number of aromatic nitrogens is 2. The Morgan fingerprint density at radius 1 is 1.25 bits per heavy atom. The van der Waals surface area contributed by atoms with Crippen molar-refractivity contribution in [2.75, 3.05) is 38.7 Å². The number of hydrogen-bond acceptors (Lipinski definition) is 5. The van der Waals surface area contributed by atoms with Gasteiger partial charge in [0.05, 0.1) is 25.1 Å². The molecule has 0 radical (unpaired) electrons. The molecule has 0 bridgehead atoms. The van der Waals surface area contributed by atoms with Crippen LogP contribution in [0.3, 0.4) is 0 Å². The largest absolute Gasteiger partial charge is 0.493 e. The van der Waals surface area contributed by atoms with Gasteiger partial charge >= 0.3 is 0 Å². The molecule has 1 saturated heterocycles. The minimum Gasteiger partial charge on any atom is -0.493 e. The Balaban J connectivity index is 1.37. The molecule has 2 aromatic rings. The van der Waals surface area contributed by atoms with Crippen molar-refractivity contribution in [3.63, 3.8) is 0 Å². The lowest BCUT2D eigenvalue weighted by Crippen LogP contribution is -2.55. The number of nitrogens with zero attached hydrogens (tertiary/aromatic N) is 5. The maximum absolute atomic E-state index is 12.7. The third-order valence-electron chi connectivity index (χ3n) is 6.01. The van der Waals surface area contributed by atoms with Crippen molar-refractivity contribution in [1.29, 1.82) is 0 Å². The van der Waals surface area contributed by atoms with Gasteiger partial charge in [-0.05, 0) is 43.4 Å². The maximum Gasteiger partial charge on any atom is 0.246 e. The fourth-order valence-electron chi connectivity index (χ4n) is 4.30. The molecule has 0 atom stereocenters. The Hall–Kier alpha value is -3.23. The van der Waals surface area contributed by atoms with Gasteiger partial charge in [0.2, 0.25) is 5.91 Å². The molecule has 2 fully saturated rings. The number of ether oxygens (including phenoxy) is 2. The highest BCUT2D eigenvalue weighted by atomic mass is 16.5. The smallest absolute Gasteiger partial charge is 0.246 e. The third-order valence-corrected chi connectivity index (χ3v) is 6.01. The molecule has 2 heterocycles. The van der Waals surface area contributed by atoms with Crippen molar-refractivity contribution in [2.45, 2.75) is 38.3 Å². The molecule has 172 valence electrons. The van der Waals surface area contributed by atoms with E-state index in [1.54, 1.807) is 29.9 Å². The van der Waals surface area contributed by atoms with E-state index in [-0.39, 0.29) is 18.6 Å². The van der Waals surface area contributed by atoms with Crippen LogP contribution < -0.4 is 19.7 Å². The van der Waals surface area contributed by atoms with Crippen LogP contribution in [0, 0.1) is 0 Å². The van der Waals surface area contributed by atoms with Gasteiger partial charge in [-0.15, -0.1) is 0 Å². The molecular formula is C23H32N6O3. The van der Waals surface area contributed by atoms with Crippen LogP contribution >= 0.6 is 0 Å². The summed E-state index contributed by atoms with van der Waals surface area (Å²) in [6.45, 7) is 2.13. The van der Waals surface area contributed by atoms with Crippen LogP contribution in [0.4, 0.5) is 5.69 Å². The Kier molecular flexibility index (Phi) is 6.82. The van der Waals surface area contributed by atoms with Gasteiger partial charge in [-0.25, -0.2) is 0 Å². The van der Waals surface area contributed by atoms with E-state index in [0.29, 0.717) is 25.6 Å². The van der Waals surface area contributed by atoms with Gasteiger partial charge < -0.3 is 24.6 Å². The predicted molar refractivity (Wildman–Crippen MR) is 123 cm³/mol. The first-order chi connectivity index (χ1) is 15.6. The molecule has 1 aromatic heterocycles. The van der Waals surface area contributed by atoms with Crippen molar-refractivity contribution in [2.24, 2.45) is 12.0 Å². The predicted octanol–water partition coefficient (Wildman–Crippen LogP) is 2.17. The lowest BCUT2D eigenvalue weighted by Gasteiger charge is -2.35. The van der Waals surface area contributed by atoms with E-state index < -0.39 is 0 Å². The highest BCUT2D eigenvalue weighted by molar-refractivity contribution is 5.98. The number of amides is 1. The first kappa shape index (κ1) is 22.0. The second kappa shape index (κ2) is 9.93. The van der Waals surface area contributed by atoms with Crippen LogP contribution in [0.25, 0.3) is 0 Å². The van der Waals surface area contributed by atoms with Crippen LogP contribution in [-0.2, 0) is 18.4 Å². The number of nitrogens with one attached hydrogen (secondary N) is 1. The molecule has 0 unspecified atom stereocenters. The number of anilines is 1. The standard InChI is InChI=1S/C23H32N6O3/c1-24-23(28-10-11-29(22(30)16-28)18-14-26-27(2)15-18)25-13-17-8-9-20(31-3)21(12-17)32-19-6-4-5-7-19/h8-9,12,14-15,19H,4-7,10-11,13,16H2,1-3H3,(H,24,25). The van der Waals surface area contributed by atoms with E-state index >= 15 is 0 Å². The van der Waals surface area contributed by atoms with E-state index in [2.05, 4.69) is 15.4 Å². The summed E-state index contributed by atoms with van der Waals surface area (Å²) in [6, 6.07) is 6.00. The average Bonchev–Trinajstić information content (AvgIpc) is 3.46. The number of rotatable bonds is 6. The summed E-state index contributed by atoms with van der Waals surface area (Å²) in [7, 11) is 5.25. The second-order valence-corrected chi connectivity index (χ2v) is 8.25. The summed E-state index contributed by atoms with van der Waals surface area (Å²) in [5.41, 5.74) is 1.90. The van der Waals surface area contributed by atoms with Crippen molar-refractivity contribution >= 4 is 17.6 Å². The highest BCUT2D eigenvalue weighted by Gasteiger charge is 2.27. The molecule has 4 rings (SSSR count). The topological polar surface area (TPSA) is 84.2 Å². The van der Waals surface area contributed by atoms with Crippen molar-refractivity contribution in [3.05, 3.63) is 36.2 Å². The minimum absolute atomic E-state index is 0.0314. The number of aryl methyl sites for hydroxylation is 1. The number of carbonyl (C=O) groups excluding carboxylic acids is 1. The number of methoxy groups -OCH3 is 1. The Morgan fingerprint density at radius 3 is 2.72 bits per heavy atom. The minimum atomic E-state index is 0.0314. The summed E-state index contributed by atoms with van der Waals surface area (Å²) in [6.07, 6.45) is 8.47. The summed E-state index contributed by atoms with van der Waals surface area (Å²) in [4.78, 5) is 20.9. The molecule has 9 heteroatoms. The molecule has 9 nitrogen and oxygen atoms in total. The van der Waals surface area contributed by atoms with Crippen molar-refractivity contribution in [1.82, 2.24) is 20.0 Å². The van der Waals surface area contributed by atoms with Crippen molar-refractivity contribution in [3.8, 4) is 11.5 Å². The molecule has 1 N–H and O–H groups in total. The van der Waals surface area contributed by atoms with Crippen molar-refractivity contribution < 1.29 is 14.3 Å². The van der Waals surface area contributed by atoms with Gasteiger partial charge in [-0.2, -0.15) is 5.10 Å². The van der Waals surface area contributed by atoms with Crippen LogP contribution in [0.1, 0.15) is 31.2 Å². The average molecular weight is 441 g/mol. The van der Waals surface area contributed by atoms with E-state index in [1.807, 2.05) is 36.3 Å². The van der Waals surface area contributed by atoms with Gasteiger partial charge in [0.1, 0.15) is 6.54 Å². The Bertz CT molecular complexity index is 966. The molecule has 1 aliphatic heterocycles. The summed E-state index contributed by atoms with van der Waals surface area (Å²) in [5, 5.41) is 7.55. The van der Waals surface area contributed by atoms with Gasteiger partial charge in [0.25, 0.3) is 0 Å². The van der Waals surface area contributed by atoms with Crippen LogP contribution in [0.15, 0.2) is 35.6 Å². The molecule has 1 aromatic carbocycles. The molecular weight excluding hydrogens is 408 g/mol. The normalized spacial score (nSPS) is 17.7. The second-order valence-electron chi connectivity index (χ2n) is 8.25. The molecule has 1 amide bonds. The van der Waals surface area contributed by atoms with E-state index in [0.717, 1.165) is 35.6 Å². The van der Waals surface area contributed by atoms with Gasteiger partial charge in [0, 0.05) is 39.9 Å². The number of benzene rings is 1. The Labute approximate surface area is 189 Å². The first-order valence-electron chi connectivity index (χ1n) is 11.2. The molecule has 1 saturated carbocycles. The van der Waals surface area contributed by atoms with E-state index in [1.165, 1.54) is 12.8 Å². The SMILES string of the molecule is CN=C(NCc1ccc(OC)c(OC2CCCC2)c1)N1CCN(c2cnn(C)c2)C(=O)C1. The molecule has 0 spiro atoms. The number of hydrogen-bond donors (Lipinski definition) is 1. The van der Waals surface area contributed by atoms with Gasteiger partial charge in [-0.3, -0.25) is 14.5 Å². The molecule has 1 aliphatic carbocycles. The van der Waals surface area contributed by atoms with Gasteiger partial charge in [0.15, 0.2) is 17.5 Å². The number of guanidine groups is 1. The lowest BCUT2D eigenvalue weighted by molar-refractivity contribution is -0.120. The van der Waals surface area contributed by atoms with E-state index in [9.17, 15) is 4.79 Å². The first-order valence-corrected chi connectivity index (χ1v) is 11.2. The Morgan fingerprint density at radius 2 is 2.06 bits per heavy atom. The zero-order chi connectivity index (χ0) is 22.5. The summed E-state index contributed by atoms with van der Waals surface area (Å²) < 4.78 is 13.4. The lowest BCUT2D eigenvalue weighted by atomic mass is 10.2. The third kappa shape index (κ3) is 4.98. The number of piperazine rings is 1. The van der Waals surface area contributed by atoms with Gasteiger partial charge in [-0.1, -0.05) is 6.07 Å². The quantitative estimate of drug-likeness (QED) is 0.548. The van der Waals surface area contributed by atoms with Crippen LogP contribution in [0.5, 0.6) is 11.5 Å². The number of aliphatic imine (C=N–C) groups is 1. The summed E-state index contributed by atoms with van der Waals surface area (Å²) >= 11 is 0.